The van der Waals surface area contributed by atoms with E-state index in [-0.39, 0.29) is 6.54 Å². The predicted molar refractivity (Wildman–Crippen MR) is 93.7 cm³/mol. The standard InChI is InChI=1S/C18H20FN5/c1-13-11-17(21-18(20-13)23(2)3)15-6-4-5-14(12-15)16-7-9-24(22-16)10-8-19/h4-7,9,11-12H,8,10H2,1-3H3. The van der Waals surface area contributed by atoms with Gasteiger partial charge in [-0.1, -0.05) is 18.2 Å². The van der Waals surface area contributed by atoms with Crippen LogP contribution in [0, 0.1) is 6.92 Å². The molecule has 0 aliphatic rings. The maximum absolute atomic E-state index is 12.4. The molecular weight excluding hydrogens is 305 g/mol. The number of alkyl halides is 1. The Balaban J connectivity index is 1.98. The van der Waals surface area contributed by atoms with Crippen LogP contribution < -0.4 is 4.90 Å². The summed E-state index contributed by atoms with van der Waals surface area (Å²) in [4.78, 5) is 10.9. The molecule has 3 aromatic rings. The first kappa shape index (κ1) is 16.1. The molecule has 0 fully saturated rings. The molecule has 0 amide bonds. The molecule has 2 aromatic heterocycles. The summed E-state index contributed by atoms with van der Waals surface area (Å²) < 4.78 is 14.0. The summed E-state index contributed by atoms with van der Waals surface area (Å²) in [7, 11) is 3.85. The van der Waals surface area contributed by atoms with Crippen molar-refractivity contribution in [2.75, 3.05) is 25.7 Å². The Morgan fingerprint density at radius 1 is 1.04 bits per heavy atom. The van der Waals surface area contributed by atoms with E-state index in [4.69, 9.17) is 0 Å². The molecule has 0 saturated carbocycles. The van der Waals surface area contributed by atoms with E-state index in [9.17, 15) is 4.39 Å². The van der Waals surface area contributed by atoms with E-state index in [0.29, 0.717) is 5.95 Å². The summed E-state index contributed by atoms with van der Waals surface area (Å²) in [6.45, 7) is 1.81. The van der Waals surface area contributed by atoms with Gasteiger partial charge in [0.05, 0.1) is 17.9 Å². The Morgan fingerprint density at radius 2 is 1.79 bits per heavy atom. The van der Waals surface area contributed by atoms with Gasteiger partial charge >= 0.3 is 0 Å². The Morgan fingerprint density at radius 3 is 2.50 bits per heavy atom. The number of aryl methyl sites for hydroxylation is 2. The Bertz CT molecular complexity index is 841. The van der Waals surface area contributed by atoms with Crippen LogP contribution in [0.5, 0.6) is 0 Å². The van der Waals surface area contributed by atoms with E-state index >= 15 is 0 Å². The van der Waals surface area contributed by atoms with Gasteiger partial charge in [-0.05, 0) is 25.1 Å². The lowest BCUT2D eigenvalue weighted by atomic mass is 10.1. The summed E-state index contributed by atoms with van der Waals surface area (Å²) in [5.74, 6) is 0.683. The topological polar surface area (TPSA) is 46.8 Å². The number of aromatic nitrogens is 4. The van der Waals surface area contributed by atoms with Gasteiger partial charge in [-0.25, -0.2) is 14.4 Å². The fourth-order valence-electron chi connectivity index (χ4n) is 2.47. The van der Waals surface area contributed by atoms with E-state index in [1.54, 1.807) is 10.9 Å². The van der Waals surface area contributed by atoms with E-state index in [2.05, 4.69) is 15.1 Å². The summed E-state index contributed by atoms with van der Waals surface area (Å²) in [6.07, 6.45) is 1.79. The molecule has 0 unspecified atom stereocenters. The molecule has 24 heavy (non-hydrogen) atoms. The van der Waals surface area contributed by atoms with Crippen LogP contribution in [0.1, 0.15) is 5.69 Å². The Hall–Kier alpha value is -2.76. The van der Waals surface area contributed by atoms with Crippen molar-refractivity contribution < 1.29 is 4.39 Å². The predicted octanol–water partition coefficient (Wildman–Crippen LogP) is 3.35. The Labute approximate surface area is 140 Å². The van der Waals surface area contributed by atoms with E-state index in [1.165, 1.54) is 0 Å². The first-order valence-electron chi connectivity index (χ1n) is 7.80. The number of benzene rings is 1. The van der Waals surface area contributed by atoms with Crippen LogP contribution in [0.3, 0.4) is 0 Å². The number of anilines is 1. The lowest BCUT2D eigenvalue weighted by Crippen LogP contribution is -2.13. The smallest absolute Gasteiger partial charge is 0.225 e. The minimum atomic E-state index is -0.422. The highest BCUT2D eigenvalue weighted by Crippen LogP contribution is 2.25. The van der Waals surface area contributed by atoms with Gasteiger partial charge in [-0.2, -0.15) is 5.10 Å². The molecule has 0 aliphatic carbocycles. The molecule has 0 N–H and O–H groups in total. The van der Waals surface area contributed by atoms with Gasteiger partial charge < -0.3 is 4.90 Å². The molecule has 0 aliphatic heterocycles. The van der Waals surface area contributed by atoms with Crippen LogP contribution in [0.2, 0.25) is 0 Å². The number of nitrogens with zero attached hydrogens (tertiary/aromatic N) is 5. The number of hydrogen-bond donors (Lipinski definition) is 0. The van der Waals surface area contributed by atoms with Gasteiger partial charge in [-0.15, -0.1) is 0 Å². The normalized spacial score (nSPS) is 10.8. The van der Waals surface area contributed by atoms with Crippen molar-refractivity contribution in [1.82, 2.24) is 19.7 Å². The second kappa shape index (κ2) is 6.78. The lowest BCUT2D eigenvalue weighted by molar-refractivity contribution is 0.427. The molecule has 3 rings (SSSR count). The monoisotopic (exact) mass is 325 g/mol. The van der Waals surface area contributed by atoms with Crippen molar-refractivity contribution in [3.05, 3.63) is 48.3 Å². The lowest BCUT2D eigenvalue weighted by Gasteiger charge is -2.12. The minimum Gasteiger partial charge on any atom is -0.347 e. The molecule has 0 bridgehead atoms. The zero-order valence-electron chi connectivity index (χ0n) is 14.1. The van der Waals surface area contributed by atoms with Crippen LogP contribution in [0.25, 0.3) is 22.5 Å². The summed E-state index contributed by atoms with van der Waals surface area (Å²) >= 11 is 0. The van der Waals surface area contributed by atoms with Crippen LogP contribution in [-0.2, 0) is 6.54 Å². The van der Waals surface area contributed by atoms with E-state index in [0.717, 1.165) is 28.2 Å². The van der Waals surface area contributed by atoms with Gasteiger partial charge in [0.15, 0.2) is 0 Å². The van der Waals surface area contributed by atoms with Crippen LogP contribution in [0.4, 0.5) is 10.3 Å². The van der Waals surface area contributed by atoms with Crippen molar-refractivity contribution in [2.45, 2.75) is 13.5 Å². The average molecular weight is 325 g/mol. The minimum absolute atomic E-state index is 0.275. The summed E-state index contributed by atoms with van der Waals surface area (Å²) in [5, 5.41) is 4.40. The zero-order chi connectivity index (χ0) is 17.1. The third-order valence-electron chi connectivity index (χ3n) is 3.65. The maximum Gasteiger partial charge on any atom is 0.225 e. The molecular formula is C18H20FN5. The third-order valence-corrected chi connectivity index (χ3v) is 3.65. The van der Waals surface area contributed by atoms with Gasteiger partial charge in [0.25, 0.3) is 0 Å². The quantitative estimate of drug-likeness (QED) is 0.722. The SMILES string of the molecule is Cc1cc(-c2cccc(-c3ccn(CCF)n3)c2)nc(N(C)C)n1. The first-order chi connectivity index (χ1) is 11.6. The van der Waals surface area contributed by atoms with Gasteiger partial charge in [0, 0.05) is 37.1 Å². The van der Waals surface area contributed by atoms with Gasteiger partial charge in [-0.3, -0.25) is 4.68 Å². The Kier molecular flexibility index (Phi) is 4.55. The molecule has 6 heteroatoms. The van der Waals surface area contributed by atoms with E-state index < -0.39 is 6.67 Å². The van der Waals surface area contributed by atoms with Crippen molar-refractivity contribution in [3.63, 3.8) is 0 Å². The highest BCUT2D eigenvalue weighted by Gasteiger charge is 2.09. The molecule has 2 heterocycles. The second-order valence-electron chi connectivity index (χ2n) is 5.82. The van der Waals surface area contributed by atoms with Crippen molar-refractivity contribution in [3.8, 4) is 22.5 Å². The van der Waals surface area contributed by atoms with Crippen LogP contribution in [0.15, 0.2) is 42.6 Å². The third kappa shape index (κ3) is 3.42. The zero-order valence-corrected chi connectivity index (χ0v) is 14.1. The second-order valence-corrected chi connectivity index (χ2v) is 5.82. The van der Waals surface area contributed by atoms with Crippen molar-refractivity contribution >= 4 is 5.95 Å². The highest BCUT2D eigenvalue weighted by atomic mass is 19.1. The molecule has 0 radical (unpaired) electrons. The van der Waals surface area contributed by atoms with Gasteiger partial charge in [0.2, 0.25) is 5.95 Å². The van der Waals surface area contributed by atoms with Crippen LogP contribution in [-0.4, -0.2) is 40.5 Å². The van der Waals surface area contributed by atoms with Crippen molar-refractivity contribution in [1.29, 1.82) is 0 Å². The highest BCUT2D eigenvalue weighted by molar-refractivity contribution is 5.70. The molecule has 0 saturated heterocycles. The molecule has 1 aromatic carbocycles. The number of hydrogen-bond acceptors (Lipinski definition) is 4. The fourth-order valence-corrected chi connectivity index (χ4v) is 2.47. The fraction of sp³-hybridized carbons (Fsp3) is 0.278. The van der Waals surface area contributed by atoms with E-state index in [1.807, 2.05) is 62.3 Å². The van der Waals surface area contributed by atoms with Crippen LogP contribution >= 0.6 is 0 Å². The van der Waals surface area contributed by atoms with Crippen molar-refractivity contribution in [2.24, 2.45) is 0 Å². The molecule has 124 valence electrons. The first-order valence-corrected chi connectivity index (χ1v) is 7.80. The molecule has 0 spiro atoms. The average Bonchev–Trinajstić information content (AvgIpc) is 3.03. The molecule has 5 nitrogen and oxygen atoms in total. The van der Waals surface area contributed by atoms with Gasteiger partial charge in [0.1, 0.15) is 6.67 Å². The number of halogens is 1. The largest absolute Gasteiger partial charge is 0.347 e. The molecule has 0 atom stereocenters. The maximum atomic E-state index is 12.4. The summed E-state index contributed by atoms with van der Waals surface area (Å²) in [6, 6.07) is 11.9. The number of rotatable bonds is 5. The summed E-state index contributed by atoms with van der Waals surface area (Å²) in [5.41, 5.74) is 4.59.